The van der Waals surface area contributed by atoms with Crippen molar-refractivity contribution in [2.75, 3.05) is 32.8 Å². The van der Waals surface area contributed by atoms with E-state index in [2.05, 4.69) is 78.8 Å². The Labute approximate surface area is 144 Å². The van der Waals surface area contributed by atoms with Crippen molar-refractivity contribution in [2.45, 2.75) is 54.0 Å². The zero-order valence-corrected chi connectivity index (χ0v) is 16.4. The average molecular weight is 321 g/mol. The lowest BCUT2D eigenvalue weighted by atomic mass is 9.86. The van der Waals surface area contributed by atoms with E-state index in [0.717, 1.165) is 24.2 Å². The van der Waals surface area contributed by atoms with Crippen LogP contribution in [0.4, 0.5) is 0 Å². The minimum atomic E-state index is 0.0763. The van der Waals surface area contributed by atoms with Gasteiger partial charge in [-0.2, -0.15) is 0 Å². The van der Waals surface area contributed by atoms with Gasteiger partial charge >= 0.3 is 0 Å². The molecule has 0 amide bonds. The lowest BCUT2D eigenvalue weighted by molar-refractivity contribution is -0.985. The molecule has 0 bridgehead atoms. The van der Waals surface area contributed by atoms with Crippen LogP contribution in [0.15, 0.2) is 30.3 Å². The third-order valence-corrected chi connectivity index (χ3v) is 4.96. The molecule has 0 aromatic heterocycles. The van der Waals surface area contributed by atoms with E-state index >= 15 is 0 Å². The molecule has 132 valence electrons. The summed E-state index contributed by atoms with van der Waals surface area (Å²) in [7, 11) is 0. The van der Waals surface area contributed by atoms with Gasteiger partial charge in [-0.1, -0.05) is 58.0 Å². The molecule has 0 aliphatic heterocycles. The molecule has 0 saturated heterocycles. The van der Waals surface area contributed by atoms with Crippen molar-refractivity contribution < 1.29 is 9.22 Å². The number of rotatable bonds is 10. The predicted molar refractivity (Wildman–Crippen MR) is 100 cm³/mol. The van der Waals surface area contributed by atoms with Gasteiger partial charge in [-0.05, 0) is 20.8 Å². The quantitative estimate of drug-likeness (QED) is 0.431. The highest BCUT2D eigenvalue weighted by Gasteiger charge is 2.45. The van der Waals surface area contributed by atoms with E-state index in [0.29, 0.717) is 11.8 Å². The summed E-state index contributed by atoms with van der Waals surface area (Å²) >= 11 is 0. The Balaban J connectivity index is 3.26. The number of benzene rings is 1. The normalized spacial score (nSPS) is 13.1. The van der Waals surface area contributed by atoms with Gasteiger partial charge in [-0.15, -0.1) is 0 Å². The number of hydrogen-bond acceptors (Lipinski definition) is 1. The molecule has 0 saturated carbocycles. The van der Waals surface area contributed by atoms with E-state index in [1.54, 1.807) is 0 Å². The summed E-state index contributed by atoms with van der Waals surface area (Å²) in [6.07, 6.45) is 0. The molecule has 2 nitrogen and oxygen atoms in total. The minimum absolute atomic E-state index is 0.0763. The van der Waals surface area contributed by atoms with Crippen LogP contribution in [0.3, 0.4) is 0 Å². The lowest BCUT2D eigenvalue weighted by Crippen LogP contribution is -2.63. The van der Waals surface area contributed by atoms with Crippen LogP contribution in [-0.2, 0) is 10.3 Å². The lowest BCUT2D eigenvalue weighted by Gasteiger charge is -2.52. The van der Waals surface area contributed by atoms with Crippen molar-refractivity contribution in [1.29, 1.82) is 0 Å². The molecule has 23 heavy (non-hydrogen) atoms. The fraction of sp³-hybridized carbons (Fsp3) is 0.714. The van der Waals surface area contributed by atoms with Crippen LogP contribution in [0.2, 0.25) is 0 Å². The van der Waals surface area contributed by atoms with E-state index in [1.165, 1.54) is 18.7 Å². The summed E-state index contributed by atoms with van der Waals surface area (Å²) in [5.41, 5.74) is 1.50. The maximum Gasteiger partial charge on any atom is 0.119 e. The van der Waals surface area contributed by atoms with Gasteiger partial charge in [0.15, 0.2) is 0 Å². The fourth-order valence-electron chi connectivity index (χ4n) is 3.89. The van der Waals surface area contributed by atoms with Crippen LogP contribution in [0.5, 0.6) is 0 Å². The monoisotopic (exact) mass is 320 g/mol. The molecule has 0 unspecified atom stereocenters. The van der Waals surface area contributed by atoms with Gasteiger partial charge < -0.3 is 9.22 Å². The highest BCUT2D eigenvalue weighted by molar-refractivity contribution is 5.21. The Kier molecular flexibility index (Phi) is 7.76. The average Bonchev–Trinajstić information content (AvgIpc) is 2.46. The first kappa shape index (κ1) is 20.2. The zero-order chi connectivity index (χ0) is 17.5. The van der Waals surface area contributed by atoms with Gasteiger partial charge in [-0.3, -0.25) is 0 Å². The van der Waals surface area contributed by atoms with Crippen molar-refractivity contribution in [2.24, 2.45) is 11.8 Å². The van der Waals surface area contributed by atoms with Crippen LogP contribution in [0, 0.1) is 11.8 Å². The summed E-state index contributed by atoms with van der Waals surface area (Å²) in [6, 6.07) is 11.0. The Bertz CT molecular complexity index is 426. The maximum absolute atomic E-state index is 5.77. The molecule has 0 heterocycles. The Hall–Kier alpha value is -0.860. The highest BCUT2D eigenvalue weighted by Crippen LogP contribution is 2.37. The van der Waals surface area contributed by atoms with Gasteiger partial charge in [0.1, 0.15) is 12.1 Å². The van der Waals surface area contributed by atoms with Gasteiger partial charge in [0.05, 0.1) is 19.7 Å². The van der Waals surface area contributed by atoms with E-state index in [9.17, 15) is 0 Å². The van der Waals surface area contributed by atoms with Gasteiger partial charge in [0.25, 0.3) is 0 Å². The molecule has 1 rings (SSSR count). The highest BCUT2D eigenvalue weighted by atomic mass is 16.5. The van der Waals surface area contributed by atoms with Gasteiger partial charge in [-0.25, -0.2) is 0 Å². The third kappa shape index (κ3) is 5.32. The molecule has 0 spiro atoms. The smallest absolute Gasteiger partial charge is 0.119 e. The number of ether oxygens (including phenoxy) is 1. The van der Waals surface area contributed by atoms with E-state index in [1.807, 2.05) is 0 Å². The molecule has 1 aromatic carbocycles. The molecule has 0 N–H and O–H groups in total. The third-order valence-electron chi connectivity index (χ3n) is 4.96. The van der Waals surface area contributed by atoms with Crippen LogP contribution in [0.25, 0.3) is 0 Å². The van der Waals surface area contributed by atoms with Crippen molar-refractivity contribution in [3.05, 3.63) is 35.9 Å². The molecular weight excluding hydrogens is 282 g/mol. The summed E-state index contributed by atoms with van der Waals surface area (Å²) < 4.78 is 6.86. The van der Waals surface area contributed by atoms with Crippen LogP contribution in [0.1, 0.15) is 54.0 Å². The fourth-order valence-corrected chi connectivity index (χ4v) is 3.89. The molecule has 0 atom stereocenters. The minimum Gasteiger partial charge on any atom is -0.376 e. The summed E-state index contributed by atoms with van der Waals surface area (Å²) in [4.78, 5) is 0. The van der Waals surface area contributed by atoms with Crippen LogP contribution in [-0.4, -0.2) is 37.3 Å². The Morgan fingerprint density at radius 1 is 0.957 bits per heavy atom. The molecule has 2 heteroatoms. The Morgan fingerprint density at radius 2 is 1.48 bits per heavy atom. The standard InChI is InChI=1S/C21H38NO/c1-8-23-15-14-22(16-18(2)3,17-19(4)5)21(6,7)20-12-10-9-11-13-20/h9-13,18-19H,8,14-17H2,1-7H3/q+1. The molecule has 0 aliphatic carbocycles. The van der Waals surface area contributed by atoms with Crippen molar-refractivity contribution in [3.63, 3.8) is 0 Å². The number of hydrogen-bond donors (Lipinski definition) is 0. The second-order valence-electron chi connectivity index (χ2n) is 8.14. The maximum atomic E-state index is 5.77. The molecule has 0 radical (unpaired) electrons. The van der Waals surface area contributed by atoms with Crippen molar-refractivity contribution in [1.82, 2.24) is 0 Å². The van der Waals surface area contributed by atoms with Gasteiger partial charge in [0.2, 0.25) is 0 Å². The zero-order valence-electron chi connectivity index (χ0n) is 16.4. The molecule has 0 fully saturated rings. The first-order valence-electron chi connectivity index (χ1n) is 9.24. The second kappa shape index (κ2) is 8.84. The first-order valence-corrected chi connectivity index (χ1v) is 9.24. The van der Waals surface area contributed by atoms with E-state index in [4.69, 9.17) is 4.74 Å². The molecular formula is C21H38NO+. The number of quaternary nitrogens is 1. The molecule has 0 aliphatic rings. The Morgan fingerprint density at radius 3 is 1.91 bits per heavy atom. The summed E-state index contributed by atoms with van der Waals surface area (Å²) in [5.74, 6) is 1.33. The van der Waals surface area contributed by atoms with Crippen LogP contribution < -0.4 is 0 Å². The van der Waals surface area contributed by atoms with E-state index < -0.39 is 0 Å². The summed E-state index contributed by atoms with van der Waals surface area (Å²) in [6.45, 7) is 21.4. The van der Waals surface area contributed by atoms with E-state index in [-0.39, 0.29) is 5.54 Å². The summed E-state index contributed by atoms with van der Waals surface area (Å²) in [5, 5.41) is 0. The van der Waals surface area contributed by atoms with Gasteiger partial charge in [0, 0.05) is 24.0 Å². The first-order chi connectivity index (χ1) is 10.7. The molecule has 1 aromatic rings. The predicted octanol–water partition coefficient (Wildman–Crippen LogP) is 5.09. The topological polar surface area (TPSA) is 9.23 Å². The SMILES string of the molecule is CCOCC[N+](CC(C)C)(CC(C)C)C(C)(C)c1ccccc1. The largest absolute Gasteiger partial charge is 0.376 e. The van der Waals surface area contributed by atoms with Crippen molar-refractivity contribution in [3.8, 4) is 0 Å². The van der Waals surface area contributed by atoms with Crippen LogP contribution >= 0.6 is 0 Å². The number of nitrogens with zero attached hydrogens (tertiary/aromatic N) is 1. The second-order valence-corrected chi connectivity index (χ2v) is 8.14. The van der Waals surface area contributed by atoms with Crippen molar-refractivity contribution >= 4 is 0 Å².